The molecule has 1 heterocycles. The zero-order valence-corrected chi connectivity index (χ0v) is 14.8. The predicted octanol–water partition coefficient (Wildman–Crippen LogP) is 3.72. The van der Waals surface area contributed by atoms with E-state index in [1.807, 2.05) is 55.5 Å². The average molecular weight is 354 g/mol. The molecule has 0 bridgehead atoms. The van der Waals surface area contributed by atoms with Gasteiger partial charge in [-0.15, -0.1) is 0 Å². The van der Waals surface area contributed by atoms with Gasteiger partial charge < -0.3 is 9.47 Å². The van der Waals surface area contributed by atoms with Crippen LogP contribution in [0.15, 0.2) is 53.6 Å². The van der Waals surface area contributed by atoms with E-state index in [1.54, 1.807) is 18.0 Å². The molecule has 0 saturated heterocycles. The number of H-pyrrole nitrogens is 1. The predicted molar refractivity (Wildman–Crippen MR) is 98.9 cm³/mol. The average Bonchev–Trinajstić information content (AvgIpc) is 2.97. The highest BCUT2D eigenvalue weighted by atomic mass is 32.1. The minimum atomic E-state index is 0.448. The molecule has 0 spiro atoms. The highest BCUT2D eigenvalue weighted by molar-refractivity contribution is 7.71. The summed E-state index contributed by atoms with van der Waals surface area (Å²) < 4.78 is 13.3. The molecule has 7 heteroatoms. The molecule has 0 unspecified atom stereocenters. The fraction of sp³-hybridized carbons (Fsp3) is 0.167. The lowest BCUT2D eigenvalue weighted by Crippen LogP contribution is -1.99. The van der Waals surface area contributed by atoms with E-state index in [4.69, 9.17) is 21.7 Å². The van der Waals surface area contributed by atoms with E-state index in [-0.39, 0.29) is 0 Å². The number of rotatable bonds is 6. The lowest BCUT2D eigenvalue weighted by molar-refractivity contribution is 0.284. The van der Waals surface area contributed by atoms with Crippen LogP contribution in [0.3, 0.4) is 0 Å². The molecule has 0 fully saturated rings. The number of ether oxygens (including phenoxy) is 2. The topological polar surface area (TPSA) is 64.4 Å². The van der Waals surface area contributed by atoms with Gasteiger partial charge in [0, 0.05) is 0 Å². The molecule has 128 valence electrons. The van der Waals surface area contributed by atoms with Crippen molar-refractivity contribution in [2.45, 2.75) is 13.5 Å². The summed E-state index contributed by atoms with van der Waals surface area (Å²) in [6.45, 7) is 2.30. The van der Waals surface area contributed by atoms with E-state index in [2.05, 4.69) is 15.3 Å². The van der Waals surface area contributed by atoms with Crippen molar-refractivity contribution in [3.63, 3.8) is 0 Å². The van der Waals surface area contributed by atoms with Crippen molar-refractivity contribution < 1.29 is 9.47 Å². The number of nitrogens with zero attached hydrogens (tertiary/aromatic N) is 3. The van der Waals surface area contributed by atoms with Gasteiger partial charge in [-0.25, -0.2) is 0 Å². The van der Waals surface area contributed by atoms with Crippen LogP contribution < -0.4 is 9.47 Å². The summed E-state index contributed by atoms with van der Waals surface area (Å²) >= 11 is 5.13. The van der Waals surface area contributed by atoms with Gasteiger partial charge in [-0.05, 0) is 48.5 Å². The van der Waals surface area contributed by atoms with Gasteiger partial charge in [0.15, 0.2) is 11.5 Å². The lowest BCUT2D eigenvalue weighted by Gasteiger charge is -2.11. The van der Waals surface area contributed by atoms with Gasteiger partial charge in [0.05, 0.1) is 13.3 Å². The van der Waals surface area contributed by atoms with Crippen molar-refractivity contribution in [1.82, 2.24) is 14.9 Å². The van der Waals surface area contributed by atoms with Crippen LogP contribution in [0, 0.1) is 11.7 Å². The Bertz CT molecular complexity index is 932. The standard InChI is InChI=1S/C18H18N4O2S/c1-13-20-21-18(25)22(13)19-11-15-8-9-16(17(10-15)23-2)24-12-14-6-4-3-5-7-14/h3-11H,12H2,1-2H3,(H,21,25)/b19-11+. The Kier molecular flexibility index (Phi) is 5.25. The zero-order valence-electron chi connectivity index (χ0n) is 14.0. The Hall–Kier alpha value is -2.93. The summed E-state index contributed by atoms with van der Waals surface area (Å²) in [4.78, 5) is 0. The van der Waals surface area contributed by atoms with Gasteiger partial charge in [-0.3, -0.25) is 5.10 Å². The highest BCUT2D eigenvalue weighted by Gasteiger charge is 2.06. The van der Waals surface area contributed by atoms with Crippen LogP contribution in [0.25, 0.3) is 0 Å². The van der Waals surface area contributed by atoms with E-state index < -0.39 is 0 Å². The fourth-order valence-corrected chi connectivity index (χ4v) is 2.47. The molecule has 0 radical (unpaired) electrons. The molecular formula is C18H18N4O2S. The third kappa shape index (κ3) is 4.13. The van der Waals surface area contributed by atoms with Crippen molar-refractivity contribution in [3.8, 4) is 11.5 Å². The third-order valence-corrected chi connectivity index (χ3v) is 3.82. The molecule has 0 amide bonds. The van der Waals surface area contributed by atoms with Gasteiger partial charge in [0.1, 0.15) is 12.4 Å². The Morgan fingerprint density at radius 3 is 2.68 bits per heavy atom. The summed E-state index contributed by atoms with van der Waals surface area (Å²) in [7, 11) is 1.61. The number of aromatic nitrogens is 3. The number of methoxy groups -OCH3 is 1. The third-order valence-electron chi connectivity index (χ3n) is 3.56. The van der Waals surface area contributed by atoms with Crippen LogP contribution in [0.2, 0.25) is 0 Å². The number of hydrogen-bond acceptors (Lipinski definition) is 5. The molecule has 2 aromatic carbocycles. The first-order valence-corrected chi connectivity index (χ1v) is 8.11. The molecular weight excluding hydrogens is 336 g/mol. The Morgan fingerprint density at radius 2 is 2.00 bits per heavy atom. The van der Waals surface area contributed by atoms with Crippen LogP contribution in [0.1, 0.15) is 17.0 Å². The molecule has 6 nitrogen and oxygen atoms in total. The van der Waals surface area contributed by atoms with Crippen molar-refractivity contribution in [2.75, 3.05) is 7.11 Å². The van der Waals surface area contributed by atoms with E-state index in [9.17, 15) is 0 Å². The van der Waals surface area contributed by atoms with E-state index >= 15 is 0 Å². The van der Waals surface area contributed by atoms with Gasteiger partial charge in [0.25, 0.3) is 0 Å². The highest BCUT2D eigenvalue weighted by Crippen LogP contribution is 2.28. The van der Waals surface area contributed by atoms with Crippen LogP contribution in [-0.2, 0) is 6.61 Å². The SMILES string of the molecule is COc1cc(/C=N/n2c(C)n[nH]c2=S)ccc1OCc1ccccc1. The maximum atomic E-state index is 5.85. The van der Waals surface area contributed by atoms with E-state index in [0.717, 1.165) is 11.1 Å². The summed E-state index contributed by atoms with van der Waals surface area (Å²) in [5.41, 5.74) is 1.96. The second-order valence-electron chi connectivity index (χ2n) is 5.32. The van der Waals surface area contributed by atoms with Gasteiger partial charge in [-0.1, -0.05) is 30.3 Å². The van der Waals surface area contributed by atoms with Crippen LogP contribution in [0.5, 0.6) is 11.5 Å². The molecule has 3 rings (SSSR count). The first-order valence-electron chi connectivity index (χ1n) is 7.70. The van der Waals surface area contributed by atoms with Crippen molar-refractivity contribution in [3.05, 3.63) is 70.3 Å². The van der Waals surface area contributed by atoms with Crippen molar-refractivity contribution >= 4 is 18.4 Å². The second-order valence-corrected chi connectivity index (χ2v) is 5.70. The molecule has 0 aliphatic rings. The largest absolute Gasteiger partial charge is 0.493 e. The number of aromatic amines is 1. The number of hydrogen-bond donors (Lipinski definition) is 1. The molecule has 3 aromatic rings. The first-order chi connectivity index (χ1) is 12.2. The smallest absolute Gasteiger partial charge is 0.216 e. The number of aryl methyl sites for hydroxylation is 1. The summed E-state index contributed by atoms with van der Waals surface area (Å²) in [6, 6.07) is 15.6. The summed E-state index contributed by atoms with van der Waals surface area (Å²) in [6.07, 6.45) is 1.70. The number of benzene rings is 2. The monoisotopic (exact) mass is 354 g/mol. The maximum Gasteiger partial charge on any atom is 0.216 e. The van der Waals surface area contributed by atoms with Gasteiger partial charge in [0.2, 0.25) is 4.77 Å². The second kappa shape index (κ2) is 7.76. The minimum Gasteiger partial charge on any atom is -0.493 e. The number of nitrogens with one attached hydrogen (secondary N) is 1. The maximum absolute atomic E-state index is 5.85. The van der Waals surface area contributed by atoms with Gasteiger partial charge >= 0.3 is 0 Å². The Morgan fingerprint density at radius 1 is 1.20 bits per heavy atom. The zero-order chi connectivity index (χ0) is 17.6. The molecule has 1 aromatic heterocycles. The van der Waals surface area contributed by atoms with E-state index in [1.165, 1.54) is 0 Å². The quantitative estimate of drug-likeness (QED) is 0.541. The van der Waals surface area contributed by atoms with Crippen LogP contribution in [0.4, 0.5) is 0 Å². The Balaban J connectivity index is 1.76. The van der Waals surface area contributed by atoms with Crippen LogP contribution in [-0.4, -0.2) is 28.2 Å². The minimum absolute atomic E-state index is 0.448. The van der Waals surface area contributed by atoms with Gasteiger partial charge in [-0.2, -0.15) is 14.9 Å². The molecule has 0 aliphatic heterocycles. The molecule has 25 heavy (non-hydrogen) atoms. The Labute approximate surface area is 150 Å². The first kappa shape index (κ1) is 16.9. The van der Waals surface area contributed by atoms with Crippen molar-refractivity contribution in [2.24, 2.45) is 5.10 Å². The summed E-state index contributed by atoms with van der Waals surface area (Å²) in [5.74, 6) is 2.02. The normalized spacial score (nSPS) is 11.0. The molecule has 0 aliphatic carbocycles. The van der Waals surface area contributed by atoms with Crippen molar-refractivity contribution in [1.29, 1.82) is 0 Å². The fourth-order valence-electron chi connectivity index (χ4n) is 2.25. The van der Waals surface area contributed by atoms with Crippen LogP contribution >= 0.6 is 12.2 Å². The molecule has 0 saturated carbocycles. The molecule has 1 N–H and O–H groups in total. The summed E-state index contributed by atoms with van der Waals surface area (Å²) in [5, 5.41) is 11.0. The molecule has 0 atom stereocenters. The lowest BCUT2D eigenvalue weighted by atomic mass is 10.2. The van der Waals surface area contributed by atoms with E-state index in [0.29, 0.717) is 28.7 Å².